The third kappa shape index (κ3) is 6.06. The minimum Gasteiger partial charge on any atom is -0.325 e. The third-order valence-corrected chi connectivity index (χ3v) is 6.14. The van der Waals surface area contributed by atoms with Gasteiger partial charge in [0.15, 0.2) is 5.16 Å². The first-order valence-electron chi connectivity index (χ1n) is 9.85. The van der Waals surface area contributed by atoms with Crippen molar-refractivity contribution in [2.24, 2.45) is 0 Å². The van der Waals surface area contributed by atoms with Gasteiger partial charge in [0.1, 0.15) is 5.82 Å². The Morgan fingerprint density at radius 1 is 0.871 bits per heavy atom. The van der Waals surface area contributed by atoms with Crippen molar-refractivity contribution in [3.63, 3.8) is 0 Å². The van der Waals surface area contributed by atoms with E-state index in [9.17, 15) is 4.79 Å². The number of hydrogen-bond donors (Lipinski definition) is 1. The smallest absolute Gasteiger partial charge is 0.234 e. The Balaban J connectivity index is 1.49. The number of hydrogen-bond acceptors (Lipinski definition) is 4. The lowest BCUT2D eigenvalue weighted by Crippen LogP contribution is -2.15. The molecule has 0 aliphatic carbocycles. The van der Waals surface area contributed by atoms with Gasteiger partial charge < -0.3 is 9.88 Å². The van der Waals surface area contributed by atoms with Crippen LogP contribution in [-0.2, 0) is 17.8 Å². The van der Waals surface area contributed by atoms with E-state index in [1.807, 2.05) is 60.7 Å². The van der Waals surface area contributed by atoms with E-state index < -0.39 is 0 Å². The second-order valence-corrected chi connectivity index (χ2v) is 8.83. The molecule has 0 atom stereocenters. The van der Waals surface area contributed by atoms with Crippen LogP contribution in [0, 0.1) is 0 Å². The van der Waals surface area contributed by atoms with Crippen LogP contribution in [0.1, 0.15) is 17.0 Å². The Morgan fingerprint density at radius 3 is 2.19 bits per heavy atom. The quantitative estimate of drug-likeness (QED) is 0.334. The Kier molecular flexibility index (Phi) is 7.17. The van der Waals surface area contributed by atoms with Crippen LogP contribution in [0.5, 0.6) is 0 Å². The number of rotatable bonds is 8. The van der Waals surface area contributed by atoms with Crippen LogP contribution in [0.2, 0.25) is 0 Å². The normalized spacial score (nSPS) is 10.7. The molecule has 31 heavy (non-hydrogen) atoms. The van der Waals surface area contributed by atoms with Gasteiger partial charge in [0, 0.05) is 16.6 Å². The molecule has 0 fully saturated rings. The Bertz CT molecular complexity index is 1130. The molecule has 1 amide bonds. The second kappa shape index (κ2) is 10.4. The molecule has 1 heterocycles. The van der Waals surface area contributed by atoms with Crippen LogP contribution in [0.25, 0.3) is 0 Å². The molecule has 0 saturated heterocycles. The first kappa shape index (κ1) is 21.3. The summed E-state index contributed by atoms with van der Waals surface area (Å²) >= 11 is 4.80. The molecule has 5 nitrogen and oxygen atoms in total. The fraction of sp³-hybridized carbons (Fsp3) is 0.125. The third-order valence-electron chi connectivity index (χ3n) is 4.64. The minimum absolute atomic E-state index is 0.0776. The van der Waals surface area contributed by atoms with Gasteiger partial charge >= 0.3 is 0 Å². The molecule has 0 unspecified atom stereocenters. The fourth-order valence-corrected chi connectivity index (χ4v) is 4.14. The van der Waals surface area contributed by atoms with Crippen molar-refractivity contribution < 1.29 is 4.79 Å². The summed E-state index contributed by atoms with van der Waals surface area (Å²) in [7, 11) is 0. The predicted octanol–water partition coefficient (Wildman–Crippen LogP) is 5.41. The van der Waals surface area contributed by atoms with E-state index in [0.29, 0.717) is 13.0 Å². The number of carbonyl (C=O) groups excluding carboxylic acids is 1. The number of amides is 1. The first-order chi connectivity index (χ1) is 15.2. The maximum Gasteiger partial charge on any atom is 0.234 e. The number of halogens is 1. The van der Waals surface area contributed by atoms with E-state index in [2.05, 4.69) is 60.3 Å². The zero-order valence-electron chi connectivity index (χ0n) is 16.7. The van der Waals surface area contributed by atoms with Crippen molar-refractivity contribution in [1.29, 1.82) is 0 Å². The van der Waals surface area contributed by atoms with E-state index in [-0.39, 0.29) is 11.7 Å². The maximum absolute atomic E-state index is 12.4. The molecule has 1 aromatic heterocycles. The van der Waals surface area contributed by atoms with Gasteiger partial charge in [-0.25, -0.2) is 0 Å². The summed E-state index contributed by atoms with van der Waals surface area (Å²) in [5.74, 6) is 1.06. The van der Waals surface area contributed by atoms with Crippen LogP contribution in [-0.4, -0.2) is 26.4 Å². The molecule has 0 aliphatic rings. The van der Waals surface area contributed by atoms with E-state index in [1.54, 1.807) is 0 Å². The van der Waals surface area contributed by atoms with Gasteiger partial charge in [0.2, 0.25) is 5.91 Å². The first-order valence-corrected chi connectivity index (χ1v) is 11.6. The van der Waals surface area contributed by atoms with E-state index >= 15 is 0 Å². The monoisotopic (exact) mass is 492 g/mol. The van der Waals surface area contributed by atoms with Gasteiger partial charge in [-0.1, -0.05) is 88.4 Å². The molecule has 4 rings (SSSR count). The highest BCUT2D eigenvalue weighted by Crippen LogP contribution is 2.21. The van der Waals surface area contributed by atoms with Gasteiger partial charge in [0.05, 0.1) is 12.3 Å². The summed E-state index contributed by atoms with van der Waals surface area (Å²) in [6.45, 7) is 0.659. The highest BCUT2D eigenvalue weighted by Gasteiger charge is 2.15. The van der Waals surface area contributed by atoms with Crippen molar-refractivity contribution in [3.8, 4) is 0 Å². The predicted molar refractivity (Wildman–Crippen MR) is 128 cm³/mol. The Morgan fingerprint density at radius 2 is 1.52 bits per heavy atom. The summed E-state index contributed by atoms with van der Waals surface area (Å²) in [6.07, 6.45) is 0.687. The number of anilines is 1. The van der Waals surface area contributed by atoms with Crippen molar-refractivity contribution in [3.05, 3.63) is 106 Å². The molecule has 0 saturated carbocycles. The summed E-state index contributed by atoms with van der Waals surface area (Å²) in [4.78, 5) is 12.4. The van der Waals surface area contributed by atoms with Gasteiger partial charge in [0.25, 0.3) is 0 Å². The second-order valence-electron chi connectivity index (χ2n) is 6.98. The topological polar surface area (TPSA) is 59.8 Å². The summed E-state index contributed by atoms with van der Waals surface area (Å²) < 4.78 is 3.07. The van der Waals surface area contributed by atoms with E-state index in [1.165, 1.54) is 17.3 Å². The Labute approximate surface area is 194 Å². The summed E-state index contributed by atoms with van der Waals surface area (Å²) in [6, 6.07) is 28.0. The standard InChI is InChI=1S/C24H21BrN4OS/c25-20-11-13-21(14-12-20)26-23(30)17-31-24-28-27-22(15-18-7-3-1-4-8-18)29(24)16-19-9-5-2-6-10-19/h1-14H,15-17H2,(H,26,30). The zero-order valence-corrected chi connectivity index (χ0v) is 19.1. The molecule has 1 N–H and O–H groups in total. The molecule has 0 spiro atoms. The average Bonchev–Trinajstić information content (AvgIpc) is 3.16. The van der Waals surface area contributed by atoms with Crippen molar-refractivity contribution in [2.45, 2.75) is 18.1 Å². The lowest BCUT2D eigenvalue weighted by atomic mass is 10.1. The van der Waals surface area contributed by atoms with Crippen LogP contribution < -0.4 is 5.32 Å². The van der Waals surface area contributed by atoms with E-state index in [0.717, 1.165) is 26.7 Å². The number of carbonyl (C=O) groups is 1. The lowest BCUT2D eigenvalue weighted by molar-refractivity contribution is -0.113. The number of benzene rings is 3. The van der Waals surface area contributed by atoms with E-state index in [4.69, 9.17) is 0 Å². The molecule has 0 radical (unpaired) electrons. The van der Waals surface area contributed by atoms with Crippen LogP contribution in [0.15, 0.2) is 94.6 Å². The number of nitrogens with one attached hydrogen (secondary N) is 1. The van der Waals surface area contributed by atoms with Gasteiger partial charge in [-0.3, -0.25) is 4.79 Å². The van der Waals surface area contributed by atoms with Crippen molar-refractivity contribution in [1.82, 2.24) is 14.8 Å². The Hall–Kier alpha value is -2.90. The van der Waals surface area contributed by atoms with Crippen LogP contribution >= 0.6 is 27.7 Å². The molecule has 4 aromatic rings. The fourth-order valence-electron chi connectivity index (χ4n) is 3.12. The molecule has 0 aliphatic heterocycles. The lowest BCUT2D eigenvalue weighted by Gasteiger charge is -2.11. The maximum atomic E-state index is 12.4. The van der Waals surface area contributed by atoms with Crippen molar-refractivity contribution >= 4 is 39.3 Å². The number of aromatic nitrogens is 3. The average molecular weight is 493 g/mol. The highest BCUT2D eigenvalue weighted by molar-refractivity contribution is 9.10. The van der Waals surface area contributed by atoms with Gasteiger partial charge in [-0.05, 0) is 35.4 Å². The molecule has 3 aromatic carbocycles. The molecule has 7 heteroatoms. The molecule has 0 bridgehead atoms. The van der Waals surface area contributed by atoms with Gasteiger partial charge in [-0.15, -0.1) is 10.2 Å². The molecular formula is C24H21BrN4OS. The highest BCUT2D eigenvalue weighted by atomic mass is 79.9. The summed E-state index contributed by atoms with van der Waals surface area (Å²) in [5, 5.41) is 12.5. The number of nitrogens with zero attached hydrogens (tertiary/aromatic N) is 3. The van der Waals surface area contributed by atoms with Crippen LogP contribution in [0.4, 0.5) is 5.69 Å². The van der Waals surface area contributed by atoms with Crippen LogP contribution in [0.3, 0.4) is 0 Å². The largest absolute Gasteiger partial charge is 0.325 e. The minimum atomic E-state index is -0.0776. The zero-order chi connectivity index (χ0) is 21.5. The van der Waals surface area contributed by atoms with Crippen molar-refractivity contribution in [2.75, 3.05) is 11.1 Å². The SMILES string of the molecule is O=C(CSc1nnc(Cc2ccccc2)n1Cc1ccccc1)Nc1ccc(Br)cc1. The number of thioether (sulfide) groups is 1. The molecular weight excluding hydrogens is 472 g/mol. The van der Waals surface area contributed by atoms with Gasteiger partial charge in [-0.2, -0.15) is 0 Å². The molecule has 156 valence electrons. The summed E-state index contributed by atoms with van der Waals surface area (Å²) in [5.41, 5.74) is 3.11.